The summed E-state index contributed by atoms with van der Waals surface area (Å²) in [4.78, 5) is 14.2. The minimum atomic E-state index is 0.247. The molecule has 2 aliphatic heterocycles. The summed E-state index contributed by atoms with van der Waals surface area (Å²) in [5.74, 6) is 0.247. The van der Waals surface area contributed by atoms with Crippen LogP contribution in [-0.2, 0) is 4.79 Å². The Bertz CT molecular complexity index is 256. The maximum absolute atomic E-state index is 11.9. The van der Waals surface area contributed by atoms with Gasteiger partial charge in [-0.05, 0) is 58.8 Å². The van der Waals surface area contributed by atoms with Crippen molar-refractivity contribution in [2.24, 2.45) is 0 Å². The Hall–Kier alpha value is -0.610. The van der Waals surface area contributed by atoms with Crippen molar-refractivity contribution in [2.75, 3.05) is 26.7 Å². The smallest absolute Gasteiger partial charge is 0.220 e. The van der Waals surface area contributed by atoms with Crippen LogP contribution in [0.1, 0.15) is 44.9 Å². The Morgan fingerprint density at radius 2 is 2.06 bits per heavy atom. The van der Waals surface area contributed by atoms with Gasteiger partial charge in [0.25, 0.3) is 0 Å². The van der Waals surface area contributed by atoms with E-state index in [1.54, 1.807) is 0 Å². The van der Waals surface area contributed by atoms with Crippen molar-refractivity contribution >= 4 is 5.91 Å². The lowest BCUT2D eigenvalue weighted by atomic mass is 10.00. The number of amides is 1. The van der Waals surface area contributed by atoms with E-state index < -0.39 is 0 Å². The van der Waals surface area contributed by atoms with Crippen molar-refractivity contribution in [3.63, 3.8) is 0 Å². The van der Waals surface area contributed by atoms with Crippen molar-refractivity contribution in [2.45, 2.75) is 57.0 Å². The Balaban J connectivity index is 1.59. The Kier molecular flexibility index (Phi) is 5.45. The molecule has 2 rings (SSSR count). The number of hydrogen-bond acceptors (Lipinski definition) is 3. The molecule has 0 spiro atoms. The van der Waals surface area contributed by atoms with Crippen LogP contribution in [0.25, 0.3) is 0 Å². The first-order valence-corrected chi connectivity index (χ1v) is 7.45. The molecule has 2 saturated heterocycles. The topological polar surface area (TPSA) is 44.4 Å². The molecule has 0 aromatic rings. The molecule has 1 unspecified atom stereocenters. The van der Waals surface area contributed by atoms with E-state index >= 15 is 0 Å². The fourth-order valence-electron chi connectivity index (χ4n) is 2.93. The summed E-state index contributed by atoms with van der Waals surface area (Å²) in [6.07, 6.45) is 7.73. The number of carbonyl (C=O) groups is 1. The molecule has 0 aromatic carbocycles. The number of nitrogens with one attached hydrogen (secondary N) is 2. The van der Waals surface area contributed by atoms with E-state index in [2.05, 4.69) is 22.6 Å². The average molecular weight is 253 g/mol. The highest BCUT2D eigenvalue weighted by molar-refractivity contribution is 5.76. The molecule has 0 bridgehead atoms. The highest BCUT2D eigenvalue weighted by Gasteiger charge is 2.19. The fourth-order valence-corrected chi connectivity index (χ4v) is 2.93. The van der Waals surface area contributed by atoms with Crippen molar-refractivity contribution in [1.82, 2.24) is 15.5 Å². The first-order valence-electron chi connectivity index (χ1n) is 7.45. The van der Waals surface area contributed by atoms with Gasteiger partial charge in [-0.25, -0.2) is 0 Å². The van der Waals surface area contributed by atoms with Gasteiger partial charge in [-0.2, -0.15) is 0 Å². The first kappa shape index (κ1) is 13.8. The molecule has 2 fully saturated rings. The van der Waals surface area contributed by atoms with Crippen LogP contribution in [0.2, 0.25) is 0 Å². The van der Waals surface area contributed by atoms with Crippen LogP contribution in [0.5, 0.6) is 0 Å². The zero-order valence-corrected chi connectivity index (χ0v) is 11.6. The van der Waals surface area contributed by atoms with E-state index in [4.69, 9.17) is 0 Å². The van der Waals surface area contributed by atoms with Crippen LogP contribution in [-0.4, -0.2) is 49.6 Å². The Labute approximate surface area is 110 Å². The third-order valence-corrected chi connectivity index (χ3v) is 4.22. The standard InChI is InChI=1S/C14H27N3O/c1-17-10-7-13(8-11-17)16-14(18)6-5-12-4-2-3-9-15-12/h12-13,15H,2-11H2,1H3,(H,16,18). The zero-order chi connectivity index (χ0) is 12.8. The van der Waals surface area contributed by atoms with Crippen LogP contribution in [0, 0.1) is 0 Å². The minimum absolute atomic E-state index is 0.247. The predicted octanol–water partition coefficient (Wildman–Crippen LogP) is 1.12. The largest absolute Gasteiger partial charge is 0.353 e. The summed E-state index contributed by atoms with van der Waals surface area (Å²) in [5.41, 5.74) is 0. The molecule has 4 heteroatoms. The summed E-state index contributed by atoms with van der Waals surface area (Å²) in [5, 5.41) is 6.68. The monoisotopic (exact) mass is 253 g/mol. The van der Waals surface area contributed by atoms with Crippen LogP contribution >= 0.6 is 0 Å². The van der Waals surface area contributed by atoms with Crippen LogP contribution in [0.15, 0.2) is 0 Å². The summed E-state index contributed by atoms with van der Waals surface area (Å²) in [6.45, 7) is 3.34. The highest BCUT2D eigenvalue weighted by Crippen LogP contribution is 2.12. The SMILES string of the molecule is CN1CCC(NC(=O)CCC2CCCCN2)CC1. The van der Waals surface area contributed by atoms with E-state index in [0.29, 0.717) is 18.5 Å². The zero-order valence-electron chi connectivity index (χ0n) is 11.6. The van der Waals surface area contributed by atoms with Gasteiger partial charge in [0.05, 0.1) is 0 Å². The molecular weight excluding hydrogens is 226 g/mol. The van der Waals surface area contributed by atoms with Gasteiger partial charge >= 0.3 is 0 Å². The second-order valence-corrected chi connectivity index (χ2v) is 5.83. The summed E-state index contributed by atoms with van der Waals surface area (Å²) in [7, 11) is 2.15. The lowest BCUT2D eigenvalue weighted by Crippen LogP contribution is -2.43. The van der Waals surface area contributed by atoms with Gasteiger partial charge in [0.1, 0.15) is 0 Å². The molecular formula is C14H27N3O. The van der Waals surface area contributed by atoms with E-state index in [0.717, 1.165) is 38.9 Å². The molecule has 0 aliphatic carbocycles. The second-order valence-electron chi connectivity index (χ2n) is 5.83. The summed E-state index contributed by atoms with van der Waals surface area (Å²) in [6, 6.07) is 0.981. The van der Waals surface area contributed by atoms with Gasteiger partial charge in [0, 0.05) is 18.5 Å². The predicted molar refractivity (Wildman–Crippen MR) is 73.5 cm³/mol. The van der Waals surface area contributed by atoms with Crippen molar-refractivity contribution in [3.05, 3.63) is 0 Å². The van der Waals surface area contributed by atoms with Gasteiger partial charge in [-0.3, -0.25) is 4.79 Å². The lowest BCUT2D eigenvalue weighted by Gasteiger charge is -2.29. The normalized spacial score (nSPS) is 27.1. The summed E-state index contributed by atoms with van der Waals surface area (Å²) < 4.78 is 0. The molecule has 1 amide bonds. The van der Waals surface area contributed by atoms with Gasteiger partial charge in [0.2, 0.25) is 5.91 Å². The molecule has 1 atom stereocenters. The molecule has 2 heterocycles. The van der Waals surface area contributed by atoms with Crippen LogP contribution in [0.3, 0.4) is 0 Å². The molecule has 4 nitrogen and oxygen atoms in total. The van der Waals surface area contributed by atoms with Crippen molar-refractivity contribution in [1.29, 1.82) is 0 Å². The van der Waals surface area contributed by atoms with Gasteiger partial charge in [0.15, 0.2) is 0 Å². The Morgan fingerprint density at radius 3 is 2.72 bits per heavy atom. The van der Waals surface area contributed by atoms with E-state index in [9.17, 15) is 4.79 Å². The summed E-state index contributed by atoms with van der Waals surface area (Å²) >= 11 is 0. The molecule has 2 aliphatic rings. The molecule has 104 valence electrons. The molecule has 0 radical (unpaired) electrons. The van der Waals surface area contributed by atoms with Crippen molar-refractivity contribution in [3.8, 4) is 0 Å². The lowest BCUT2D eigenvalue weighted by molar-refractivity contribution is -0.122. The quantitative estimate of drug-likeness (QED) is 0.789. The number of piperidine rings is 2. The van der Waals surface area contributed by atoms with E-state index in [-0.39, 0.29) is 5.91 Å². The molecule has 0 saturated carbocycles. The number of likely N-dealkylation sites (tertiary alicyclic amines) is 1. The fraction of sp³-hybridized carbons (Fsp3) is 0.929. The first-order chi connectivity index (χ1) is 8.74. The van der Waals surface area contributed by atoms with E-state index in [1.807, 2.05) is 0 Å². The molecule has 2 N–H and O–H groups in total. The number of nitrogens with zero attached hydrogens (tertiary/aromatic N) is 1. The van der Waals surface area contributed by atoms with Gasteiger partial charge in [-0.1, -0.05) is 6.42 Å². The maximum Gasteiger partial charge on any atom is 0.220 e. The van der Waals surface area contributed by atoms with Crippen LogP contribution < -0.4 is 10.6 Å². The average Bonchev–Trinajstić information content (AvgIpc) is 2.40. The third kappa shape index (κ3) is 4.58. The minimum Gasteiger partial charge on any atom is -0.353 e. The number of rotatable bonds is 4. The highest BCUT2D eigenvalue weighted by atomic mass is 16.1. The van der Waals surface area contributed by atoms with E-state index in [1.165, 1.54) is 19.3 Å². The third-order valence-electron chi connectivity index (χ3n) is 4.22. The van der Waals surface area contributed by atoms with Gasteiger partial charge < -0.3 is 15.5 Å². The van der Waals surface area contributed by atoms with Crippen LogP contribution in [0.4, 0.5) is 0 Å². The molecule has 0 aromatic heterocycles. The number of carbonyl (C=O) groups excluding carboxylic acids is 1. The molecule has 18 heavy (non-hydrogen) atoms. The number of hydrogen-bond donors (Lipinski definition) is 2. The van der Waals surface area contributed by atoms with Crippen molar-refractivity contribution < 1.29 is 4.79 Å². The Morgan fingerprint density at radius 1 is 1.28 bits per heavy atom. The second kappa shape index (κ2) is 7.10. The van der Waals surface area contributed by atoms with Gasteiger partial charge in [-0.15, -0.1) is 0 Å². The maximum atomic E-state index is 11.9.